The van der Waals surface area contributed by atoms with Crippen molar-refractivity contribution < 1.29 is 13.2 Å². The third-order valence-electron chi connectivity index (χ3n) is 2.19. The Balaban J connectivity index is 3.35. The molecular weight excluding hydrogens is 257 g/mol. The lowest BCUT2D eigenvalue weighted by atomic mass is 10.00. The fraction of sp³-hybridized carbons (Fsp3) is 0.400. The van der Waals surface area contributed by atoms with E-state index >= 15 is 0 Å². The maximum absolute atomic E-state index is 12.5. The Labute approximate surface area is 89.3 Å². The molecule has 0 bridgehead atoms. The van der Waals surface area contributed by atoms with Gasteiger partial charge in [0.2, 0.25) is 0 Å². The molecule has 1 aromatic carbocycles. The predicted octanol–water partition coefficient (Wildman–Crippen LogP) is 4.22. The lowest BCUT2D eigenvalue weighted by Crippen LogP contribution is -2.09. The normalized spacial score (nSPS) is 11.9. The topological polar surface area (TPSA) is 0 Å². The van der Waals surface area contributed by atoms with Crippen LogP contribution in [0.5, 0.6) is 0 Å². The van der Waals surface area contributed by atoms with Crippen molar-refractivity contribution in [3.63, 3.8) is 0 Å². The Kier molecular flexibility index (Phi) is 3.24. The molecule has 0 aliphatic heterocycles. The Morgan fingerprint density at radius 1 is 1.21 bits per heavy atom. The number of hydrogen-bond acceptors (Lipinski definition) is 0. The van der Waals surface area contributed by atoms with E-state index < -0.39 is 11.7 Å². The average molecular weight is 267 g/mol. The van der Waals surface area contributed by atoms with Crippen LogP contribution in [0.1, 0.15) is 22.3 Å². The molecule has 0 N–H and O–H groups in total. The molecule has 78 valence electrons. The van der Waals surface area contributed by atoms with E-state index in [9.17, 15) is 13.2 Å². The quantitative estimate of drug-likeness (QED) is 0.668. The minimum absolute atomic E-state index is 0.308. The largest absolute Gasteiger partial charge is 0.416 e. The van der Waals surface area contributed by atoms with Crippen LogP contribution in [-0.4, -0.2) is 0 Å². The monoisotopic (exact) mass is 266 g/mol. The summed E-state index contributed by atoms with van der Waals surface area (Å²) < 4.78 is 37.6. The van der Waals surface area contributed by atoms with Crippen LogP contribution < -0.4 is 0 Å². The van der Waals surface area contributed by atoms with Gasteiger partial charge in [0.15, 0.2) is 0 Å². The molecule has 0 saturated heterocycles. The average Bonchev–Trinajstić information content (AvgIpc) is 2.07. The molecule has 0 amide bonds. The van der Waals surface area contributed by atoms with E-state index in [1.54, 1.807) is 13.0 Å². The lowest BCUT2D eigenvalue weighted by Gasteiger charge is -2.13. The molecule has 0 fully saturated rings. The molecule has 0 heterocycles. The van der Waals surface area contributed by atoms with Gasteiger partial charge in [0.1, 0.15) is 0 Å². The molecule has 0 aliphatic carbocycles. The Morgan fingerprint density at radius 2 is 1.79 bits per heavy atom. The van der Waals surface area contributed by atoms with Crippen LogP contribution in [-0.2, 0) is 11.5 Å². The summed E-state index contributed by atoms with van der Waals surface area (Å²) in [6, 6.07) is 2.95. The summed E-state index contributed by atoms with van der Waals surface area (Å²) in [6.07, 6.45) is -4.26. The highest BCUT2D eigenvalue weighted by molar-refractivity contribution is 9.08. The van der Waals surface area contributed by atoms with Gasteiger partial charge < -0.3 is 0 Å². The van der Waals surface area contributed by atoms with Gasteiger partial charge in [0.05, 0.1) is 5.56 Å². The van der Waals surface area contributed by atoms with Crippen molar-refractivity contribution >= 4 is 15.9 Å². The van der Waals surface area contributed by atoms with Gasteiger partial charge in [0, 0.05) is 5.33 Å². The smallest absolute Gasteiger partial charge is 0.166 e. The fourth-order valence-electron chi connectivity index (χ4n) is 1.31. The van der Waals surface area contributed by atoms with E-state index in [-0.39, 0.29) is 0 Å². The van der Waals surface area contributed by atoms with Gasteiger partial charge in [-0.15, -0.1) is 0 Å². The molecule has 0 aliphatic rings. The van der Waals surface area contributed by atoms with Crippen molar-refractivity contribution in [2.75, 3.05) is 0 Å². The maximum Gasteiger partial charge on any atom is 0.416 e. The second kappa shape index (κ2) is 3.93. The Bertz CT molecular complexity index is 342. The second-order valence-corrected chi connectivity index (χ2v) is 3.78. The van der Waals surface area contributed by atoms with Crippen LogP contribution in [0.15, 0.2) is 12.1 Å². The summed E-state index contributed by atoms with van der Waals surface area (Å²) in [6.45, 7) is 3.19. The zero-order chi connectivity index (χ0) is 10.9. The second-order valence-electron chi connectivity index (χ2n) is 3.22. The van der Waals surface area contributed by atoms with Crippen molar-refractivity contribution in [2.24, 2.45) is 0 Å². The minimum atomic E-state index is -4.26. The standard InChI is InChI=1S/C10H10BrF3/c1-6-3-8(5-11)4-9(7(6)2)10(12,13)14/h3-4H,5H2,1-2H3. The van der Waals surface area contributed by atoms with E-state index in [1.807, 2.05) is 0 Å². The molecule has 0 spiro atoms. The number of benzene rings is 1. The van der Waals surface area contributed by atoms with E-state index in [4.69, 9.17) is 0 Å². The first kappa shape index (κ1) is 11.6. The van der Waals surface area contributed by atoms with Gasteiger partial charge >= 0.3 is 6.18 Å². The van der Waals surface area contributed by atoms with Crippen molar-refractivity contribution in [1.29, 1.82) is 0 Å². The zero-order valence-electron chi connectivity index (χ0n) is 7.87. The number of alkyl halides is 4. The molecule has 0 aromatic heterocycles. The van der Waals surface area contributed by atoms with Gasteiger partial charge in [-0.25, -0.2) is 0 Å². The molecule has 0 unspecified atom stereocenters. The molecule has 0 saturated carbocycles. The van der Waals surface area contributed by atoms with Crippen LogP contribution >= 0.6 is 15.9 Å². The van der Waals surface area contributed by atoms with Crippen LogP contribution in [0.25, 0.3) is 0 Å². The number of halogens is 4. The van der Waals surface area contributed by atoms with Crippen LogP contribution in [0.2, 0.25) is 0 Å². The van der Waals surface area contributed by atoms with Crippen LogP contribution in [0, 0.1) is 13.8 Å². The van der Waals surface area contributed by atoms with Crippen LogP contribution in [0.3, 0.4) is 0 Å². The third-order valence-corrected chi connectivity index (χ3v) is 2.83. The summed E-state index contributed by atoms with van der Waals surface area (Å²) >= 11 is 3.15. The number of rotatable bonds is 1. The van der Waals surface area contributed by atoms with E-state index in [2.05, 4.69) is 15.9 Å². The van der Waals surface area contributed by atoms with Gasteiger partial charge in [0.25, 0.3) is 0 Å². The molecule has 4 heteroatoms. The fourth-order valence-corrected chi connectivity index (χ4v) is 1.63. The highest BCUT2D eigenvalue weighted by atomic mass is 79.9. The molecule has 14 heavy (non-hydrogen) atoms. The van der Waals surface area contributed by atoms with Crippen molar-refractivity contribution in [3.8, 4) is 0 Å². The van der Waals surface area contributed by atoms with Gasteiger partial charge in [-0.1, -0.05) is 22.0 Å². The summed E-state index contributed by atoms with van der Waals surface area (Å²) in [5.41, 5.74) is 1.10. The maximum atomic E-state index is 12.5. The first-order valence-corrected chi connectivity index (χ1v) is 5.21. The van der Waals surface area contributed by atoms with Gasteiger partial charge in [-0.3, -0.25) is 0 Å². The molecular formula is C10H10BrF3. The molecule has 0 radical (unpaired) electrons. The SMILES string of the molecule is Cc1cc(CBr)cc(C(F)(F)F)c1C. The third kappa shape index (κ3) is 2.29. The zero-order valence-corrected chi connectivity index (χ0v) is 9.46. The lowest BCUT2D eigenvalue weighted by molar-refractivity contribution is -0.138. The van der Waals surface area contributed by atoms with E-state index in [0.29, 0.717) is 22.0 Å². The number of hydrogen-bond donors (Lipinski definition) is 0. The van der Waals surface area contributed by atoms with Crippen molar-refractivity contribution in [1.82, 2.24) is 0 Å². The molecule has 1 aromatic rings. The summed E-state index contributed by atoms with van der Waals surface area (Å²) in [4.78, 5) is 0. The molecule has 1 rings (SSSR count). The van der Waals surface area contributed by atoms with Gasteiger partial charge in [-0.2, -0.15) is 13.2 Å². The van der Waals surface area contributed by atoms with E-state index in [0.717, 1.165) is 0 Å². The van der Waals surface area contributed by atoms with Crippen molar-refractivity contribution in [3.05, 3.63) is 34.4 Å². The Morgan fingerprint density at radius 3 is 2.21 bits per heavy atom. The predicted molar refractivity (Wildman–Crippen MR) is 53.5 cm³/mol. The summed E-state index contributed by atoms with van der Waals surface area (Å²) in [7, 11) is 0. The van der Waals surface area contributed by atoms with Gasteiger partial charge in [-0.05, 0) is 36.6 Å². The van der Waals surface area contributed by atoms with E-state index in [1.165, 1.54) is 13.0 Å². The highest BCUT2D eigenvalue weighted by Crippen LogP contribution is 2.34. The number of aryl methyl sites for hydroxylation is 1. The summed E-state index contributed by atoms with van der Waals surface area (Å²) in [5, 5.41) is 0.442. The Hall–Kier alpha value is -0.510. The van der Waals surface area contributed by atoms with Crippen molar-refractivity contribution in [2.45, 2.75) is 25.4 Å². The highest BCUT2D eigenvalue weighted by Gasteiger charge is 2.32. The minimum Gasteiger partial charge on any atom is -0.166 e. The van der Waals surface area contributed by atoms with Crippen LogP contribution in [0.4, 0.5) is 13.2 Å². The molecule has 0 nitrogen and oxygen atoms in total. The molecule has 0 atom stereocenters. The summed E-state index contributed by atoms with van der Waals surface area (Å²) in [5.74, 6) is 0. The first-order chi connectivity index (χ1) is 6.36. The first-order valence-electron chi connectivity index (χ1n) is 4.09.